The van der Waals surface area contributed by atoms with E-state index in [1.165, 1.54) is 43.8 Å². The number of rotatable bonds is 10. The standard InChI is InChI=1S/C37H44O2Si2/c1-40(2,3)38-25-15-24-37(26-39-41(4,5)6,35-31-20-11-7-16-27(31)28-17-8-12-21-32(28)35)36-33-22-13-9-18-29(33)30-19-10-14-23-34(30)36/h7-14,16-23,31,36H,15,24-26H2,1-6H3. The molecule has 41 heavy (non-hydrogen) atoms. The van der Waals surface area contributed by atoms with Crippen LogP contribution in [-0.2, 0) is 8.85 Å². The predicted octanol–water partition coefficient (Wildman–Crippen LogP) is 8.03. The van der Waals surface area contributed by atoms with E-state index in [-0.39, 0.29) is 17.3 Å². The second-order valence-electron chi connectivity index (χ2n) is 13.9. The Hall–Kier alpha value is -2.77. The summed E-state index contributed by atoms with van der Waals surface area (Å²) in [6.45, 7) is 15.4. The average molecular weight is 577 g/mol. The lowest BCUT2D eigenvalue weighted by Gasteiger charge is -2.45. The first kappa shape index (κ1) is 28.4. The zero-order chi connectivity index (χ0) is 28.8. The van der Waals surface area contributed by atoms with E-state index in [0.717, 1.165) is 19.4 Å². The van der Waals surface area contributed by atoms with Gasteiger partial charge in [-0.05, 0) is 96.0 Å². The van der Waals surface area contributed by atoms with Crippen LogP contribution in [0.1, 0.15) is 29.9 Å². The van der Waals surface area contributed by atoms with Gasteiger partial charge in [0.05, 0.1) is 0 Å². The van der Waals surface area contributed by atoms with Gasteiger partial charge < -0.3 is 8.85 Å². The van der Waals surface area contributed by atoms with Gasteiger partial charge in [-0.15, -0.1) is 0 Å². The van der Waals surface area contributed by atoms with E-state index in [4.69, 9.17) is 8.85 Å². The molecule has 3 aromatic carbocycles. The van der Waals surface area contributed by atoms with Crippen LogP contribution in [0, 0.1) is 11.3 Å². The topological polar surface area (TPSA) is 18.5 Å². The summed E-state index contributed by atoms with van der Waals surface area (Å²) >= 11 is 0. The maximum atomic E-state index is 7.08. The van der Waals surface area contributed by atoms with Gasteiger partial charge in [0.2, 0.25) is 0 Å². The SMILES string of the molecule is C[Si](C)(C)OCCCC(CO[Si](C)(C)C)(C1=c2ccccc2=C2C=CC=CC21)C1c2ccccc2-c2ccccc21. The maximum Gasteiger partial charge on any atom is 0.183 e. The van der Waals surface area contributed by atoms with Gasteiger partial charge >= 0.3 is 0 Å². The fourth-order valence-corrected chi connectivity index (χ4v) is 8.74. The largest absolute Gasteiger partial charge is 0.418 e. The third-order valence-corrected chi connectivity index (χ3v) is 10.9. The van der Waals surface area contributed by atoms with E-state index in [1.54, 1.807) is 0 Å². The van der Waals surface area contributed by atoms with Gasteiger partial charge in [-0.3, -0.25) is 0 Å². The van der Waals surface area contributed by atoms with Gasteiger partial charge in [-0.1, -0.05) is 97.1 Å². The average Bonchev–Trinajstić information content (AvgIpc) is 3.46. The molecule has 0 fully saturated rings. The van der Waals surface area contributed by atoms with Gasteiger partial charge in [0.25, 0.3) is 0 Å². The second-order valence-corrected chi connectivity index (χ2v) is 22.9. The highest BCUT2D eigenvalue weighted by Crippen LogP contribution is 2.60. The Balaban J connectivity index is 1.63. The van der Waals surface area contributed by atoms with Crippen molar-refractivity contribution in [3.8, 4) is 11.1 Å². The van der Waals surface area contributed by atoms with E-state index < -0.39 is 16.6 Å². The van der Waals surface area contributed by atoms with Crippen molar-refractivity contribution in [2.75, 3.05) is 13.2 Å². The molecule has 0 radical (unpaired) electrons. The first-order valence-electron chi connectivity index (χ1n) is 15.2. The van der Waals surface area contributed by atoms with Crippen LogP contribution >= 0.6 is 0 Å². The maximum absolute atomic E-state index is 7.08. The molecule has 0 saturated heterocycles. The summed E-state index contributed by atoms with van der Waals surface area (Å²) in [5, 5.41) is 2.78. The quantitative estimate of drug-likeness (QED) is 0.180. The molecular weight excluding hydrogens is 533 g/mol. The van der Waals surface area contributed by atoms with E-state index >= 15 is 0 Å². The molecule has 2 atom stereocenters. The second kappa shape index (κ2) is 10.8. The summed E-state index contributed by atoms with van der Waals surface area (Å²) in [7, 11) is -3.46. The first-order chi connectivity index (χ1) is 19.6. The third-order valence-electron chi connectivity index (χ3n) is 8.85. The van der Waals surface area contributed by atoms with Crippen LogP contribution in [0.15, 0.2) is 97.1 Å². The lowest BCUT2D eigenvalue weighted by atomic mass is 9.61. The molecule has 0 heterocycles. The Kier molecular flexibility index (Phi) is 7.48. The Morgan fingerprint density at radius 2 is 1.27 bits per heavy atom. The Bertz CT molecular complexity index is 1590. The van der Waals surface area contributed by atoms with Crippen LogP contribution in [-0.4, -0.2) is 29.8 Å². The monoisotopic (exact) mass is 576 g/mol. The van der Waals surface area contributed by atoms with Crippen LogP contribution in [0.5, 0.6) is 0 Å². The summed E-state index contributed by atoms with van der Waals surface area (Å²) in [4.78, 5) is 0. The molecule has 4 heteroatoms. The van der Waals surface area contributed by atoms with Crippen molar-refractivity contribution >= 4 is 27.8 Å². The fraction of sp³-hybridized carbons (Fsp3) is 0.351. The van der Waals surface area contributed by atoms with E-state index in [9.17, 15) is 0 Å². The molecule has 2 unspecified atom stereocenters. The highest BCUT2D eigenvalue weighted by atomic mass is 28.4. The molecule has 0 aliphatic heterocycles. The molecule has 3 aromatic rings. The molecule has 0 bridgehead atoms. The van der Waals surface area contributed by atoms with Crippen LogP contribution in [0.25, 0.3) is 22.3 Å². The third kappa shape index (κ3) is 5.32. The molecular formula is C37H44O2Si2. The van der Waals surface area contributed by atoms with Crippen molar-refractivity contribution in [2.45, 2.75) is 58.0 Å². The lowest BCUT2D eigenvalue weighted by Crippen LogP contribution is -2.43. The number of hydrogen-bond donors (Lipinski definition) is 0. The summed E-state index contributed by atoms with van der Waals surface area (Å²) < 4.78 is 13.6. The van der Waals surface area contributed by atoms with Crippen LogP contribution < -0.4 is 10.4 Å². The minimum Gasteiger partial charge on any atom is -0.418 e. The highest BCUT2D eigenvalue weighted by Gasteiger charge is 2.51. The minimum absolute atomic E-state index is 0.208. The molecule has 0 aromatic heterocycles. The molecule has 0 N–H and O–H groups in total. The predicted molar refractivity (Wildman–Crippen MR) is 178 cm³/mol. The number of benzene rings is 3. The van der Waals surface area contributed by atoms with Crippen molar-refractivity contribution in [3.63, 3.8) is 0 Å². The normalized spacial score (nSPS) is 19.1. The molecule has 3 aliphatic rings. The number of allylic oxidation sites excluding steroid dienone is 4. The molecule has 212 valence electrons. The molecule has 0 amide bonds. The van der Waals surface area contributed by atoms with E-state index in [0.29, 0.717) is 6.61 Å². The molecule has 3 aliphatic carbocycles. The van der Waals surface area contributed by atoms with Crippen LogP contribution in [0.2, 0.25) is 39.3 Å². The Labute approximate surface area is 248 Å². The molecule has 2 nitrogen and oxygen atoms in total. The fourth-order valence-electron chi connectivity index (χ4n) is 7.30. The Morgan fingerprint density at radius 1 is 0.683 bits per heavy atom. The Morgan fingerprint density at radius 3 is 1.90 bits per heavy atom. The van der Waals surface area contributed by atoms with Gasteiger partial charge in [-0.25, -0.2) is 0 Å². The van der Waals surface area contributed by atoms with Crippen molar-refractivity contribution in [2.24, 2.45) is 11.3 Å². The summed E-state index contributed by atoms with van der Waals surface area (Å²) in [5.74, 6) is 0.459. The smallest absolute Gasteiger partial charge is 0.183 e. The summed E-state index contributed by atoms with van der Waals surface area (Å²) in [6.07, 6.45) is 11.2. The van der Waals surface area contributed by atoms with Crippen molar-refractivity contribution in [3.05, 3.63) is 119 Å². The van der Waals surface area contributed by atoms with Crippen LogP contribution in [0.3, 0.4) is 0 Å². The van der Waals surface area contributed by atoms with Gasteiger partial charge in [-0.2, -0.15) is 0 Å². The van der Waals surface area contributed by atoms with Crippen molar-refractivity contribution < 1.29 is 8.85 Å². The first-order valence-corrected chi connectivity index (χ1v) is 22.1. The van der Waals surface area contributed by atoms with E-state index in [1.807, 2.05) is 0 Å². The van der Waals surface area contributed by atoms with Crippen molar-refractivity contribution in [1.29, 1.82) is 0 Å². The van der Waals surface area contributed by atoms with E-state index in [2.05, 4.69) is 136 Å². The van der Waals surface area contributed by atoms with Crippen LogP contribution in [0.4, 0.5) is 0 Å². The zero-order valence-electron chi connectivity index (χ0n) is 25.5. The molecule has 0 spiro atoms. The minimum atomic E-state index is -1.84. The highest BCUT2D eigenvalue weighted by molar-refractivity contribution is 6.70. The lowest BCUT2D eigenvalue weighted by molar-refractivity contribution is 0.149. The number of fused-ring (bicyclic) bond motifs is 5. The van der Waals surface area contributed by atoms with Gasteiger partial charge in [0.15, 0.2) is 16.6 Å². The molecule has 6 rings (SSSR count). The van der Waals surface area contributed by atoms with Gasteiger partial charge in [0.1, 0.15) is 0 Å². The van der Waals surface area contributed by atoms with Crippen molar-refractivity contribution in [1.82, 2.24) is 0 Å². The van der Waals surface area contributed by atoms with Gasteiger partial charge in [0, 0.05) is 30.5 Å². The summed E-state index contributed by atoms with van der Waals surface area (Å²) in [6, 6.07) is 27.3. The zero-order valence-corrected chi connectivity index (χ0v) is 27.5. The summed E-state index contributed by atoms with van der Waals surface area (Å²) in [5.41, 5.74) is 8.35. The number of hydrogen-bond acceptors (Lipinski definition) is 2. The molecule has 0 saturated carbocycles.